The van der Waals surface area contributed by atoms with Crippen molar-refractivity contribution < 1.29 is 19.7 Å². The molecule has 0 rings (SSSR count). The van der Waals surface area contributed by atoms with E-state index in [9.17, 15) is 5.11 Å². The number of unbranched alkanes of at least 4 members (excludes halogenated alkanes) is 1. The lowest BCUT2D eigenvalue weighted by atomic mass is 9.85. The average Bonchev–Trinajstić information content (AvgIpc) is 2.41. The molecule has 0 aromatic rings. The van der Waals surface area contributed by atoms with Gasteiger partial charge in [0.15, 0.2) is 0 Å². The van der Waals surface area contributed by atoms with Crippen LogP contribution in [0.3, 0.4) is 0 Å². The van der Waals surface area contributed by atoms with Gasteiger partial charge in [0.05, 0.1) is 25.9 Å². The third kappa shape index (κ3) is 12.1. The van der Waals surface area contributed by atoms with Gasteiger partial charge in [0, 0.05) is 25.8 Å². The first-order chi connectivity index (χ1) is 9.91. The van der Waals surface area contributed by atoms with Gasteiger partial charge in [0.2, 0.25) is 0 Å². The Bertz CT molecular complexity index is 231. The Hall–Kier alpha value is -0.200. The zero-order chi connectivity index (χ0) is 16.1. The summed E-state index contributed by atoms with van der Waals surface area (Å²) in [6.45, 7) is 11.3. The van der Waals surface area contributed by atoms with Crippen molar-refractivity contribution in [2.45, 2.75) is 59.1 Å². The Labute approximate surface area is 130 Å². The van der Waals surface area contributed by atoms with Crippen LogP contribution in [0.15, 0.2) is 0 Å². The minimum absolute atomic E-state index is 0.0520. The van der Waals surface area contributed by atoms with Gasteiger partial charge in [-0.1, -0.05) is 34.1 Å². The number of hydrogen-bond acceptors (Lipinski definition) is 5. The van der Waals surface area contributed by atoms with Gasteiger partial charge in [-0.15, -0.1) is 0 Å². The minimum Gasteiger partial charge on any atom is -0.396 e. The van der Waals surface area contributed by atoms with Crippen LogP contribution < -0.4 is 5.32 Å². The molecule has 0 aliphatic carbocycles. The van der Waals surface area contributed by atoms with Gasteiger partial charge >= 0.3 is 0 Å². The fourth-order valence-corrected chi connectivity index (χ4v) is 1.99. The van der Waals surface area contributed by atoms with Crippen molar-refractivity contribution in [2.75, 3.05) is 39.6 Å². The van der Waals surface area contributed by atoms with E-state index in [1.54, 1.807) is 0 Å². The van der Waals surface area contributed by atoms with Gasteiger partial charge in [0.25, 0.3) is 0 Å². The molecular weight excluding hydrogens is 270 g/mol. The van der Waals surface area contributed by atoms with Crippen molar-refractivity contribution in [3.63, 3.8) is 0 Å². The second-order valence-electron chi connectivity index (χ2n) is 6.53. The summed E-state index contributed by atoms with van der Waals surface area (Å²) < 4.78 is 10.8. The molecule has 128 valence electrons. The van der Waals surface area contributed by atoms with E-state index in [-0.39, 0.29) is 18.1 Å². The van der Waals surface area contributed by atoms with E-state index in [0.717, 1.165) is 19.4 Å². The quantitative estimate of drug-likeness (QED) is 0.451. The lowest BCUT2D eigenvalue weighted by Gasteiger charge is -2.32. The second-order valence-corrected chi connectivity index (χ2v) is 6.53. The maximum atomic E-state index is 9.88. The van der Waals surface area contributed by atoms with Crippen LogP contribution in [0.4, 0.5) is 0 Å². The molecular formula is C16H35NO4. The van der Waals surface area contributed by atoms with Gasteiger partial charge in [0.1, 0.15) is 0 Å². The maximum Gasteiger partial charge on any atom is 0.0897 e. The first-order valence-electron chi connectivity index (χ1n) is 8.09. The topological polar surface area (TPSA) is 71.0 Å². The van der Waals surface area contributed by atoms with Crippen molar-refractivity contribution in [1.82, 2.24) is 5.32 Å². The summed E-state index contributed by atoms with van der Waals surface area (Å²) in [6.07, 6.45) is 2.35. The van der Waals surface area contributed by atoms with Crippen molar-refractivity contribution in [3.8, 4) is 0 Å². The van der Waals surface area contributed by atoms with Crippen LogP contribution in [0.5, 0.6) is 0 Å². The molecule has 2 atom stereocenters. The Balaban J connectivity index is 3.66. The van der Waals surface area contributed by atoms with Crippen LogP contribution >= 0.6 is 0 Å². The van der Waals surface area contributed by atoms with E-state index in [1.807, 2.05) is 0 Å². The van der Waals surface area contributed by atoms with Crippen molar-refractivity contribution in [3.05, 3.63) is 0 Å². The third-order valence-corrected chi connectivity index (χ3v) is 3.39. The monoisotopic (exact) mass is 305 g/mol. The molecule has 0 bridgehead atoms. The van der Waals surface area contributed by atoms with Crippen LogP contribution in [-0.2, 0) is 9.47 Å². The van der Waals surface area contributed by atoms with Crippen LogP contribution in [-0.4, -0.2) is 61.9 Å². The molecule has 0 aromatic carbocycles. The molecule has 0 radical (unpaired) electrons. The van der Waals surface area contributed by atoms with Gasteiger partial charge in [-0.2, -0.15) is 0 Å². The van der Waals surface area contributed by atoms with E-state index < -0.39 is 6.10 Å². The predicted molar refractivity (Wildman–Crippen MR) is 85.5 cm³/mol. The fourth-order valence-electron chi connectivity index (χ4n) is 1.99. The van der Waals surface area contributed by atoms with Gasteiger partial charge in [-0.25, -0.2) is 0 Å². The number of rotatable bonds is 13. The maximum absolute atomic E-state index is 9.88. The zero-order valence-corrected chi connectivity index (χ0v) is 14.2. The number of hydrogen-bond donors (Lipinski definition) is 3. The molecule has 21 heavy (non-hydrogen) atoms. The van der Waals surface area contributed by atoms with Crippen LogP contribution in [0, 0.1) is 5.41 Å². The summed E-state index contributed by atoms with van der Waals surface area (Å²) >= 11 is 0. The summed E-state index contributed by atoms with van der Waals surface area (Å²) in [4.78, 5) is 0. The first-order valence-corrected chi connectivity index (χ1v) is 8.09. The van der Waals surface area contributed by atoms with Gasteiger partial charge < -0.3 is 25.0 Å². The standard InChI is InChI=1S/C16H35NO4/c1-5-6-9-20-10-11-21-13-14(19)12-17-15(7-8-18)16(2,3)4/h14-15,17-19H,5-13H2,1-4H3. The highest BCUT2D eigenvalue weighted by atomic mass is 16.5. The smallest absolute Gasteiger partial charge is 0.0897 e. The second kappa shape index (κ2) is 12.4. The lowest BCUT2D eigenvalue weighted by molar-refractivity contribution is 0.00170. The molecule has 3 N–H and O–H groups in total. The molecule has 5 nitrogen and oxygen atoms in total. The molecule has 0 amide bonds. The minimum atomic E-state index is -0.538. The van der Waals surface area contributed by atoms with E-state index in [0.29, 0.717) is 32.8 Å². The highest BCUT2D eigenvalue weighted by Gasteiger charge is 2.24. The molecule has 2 unspecified atom stereocenters. The SMILES string of the molecule is CCCCOCCOCC(O)CNC(CCO)C(C)(C)C. The van der Waals surface area contributed by atoms with Crippen molar-refractivity contribution in [2.24, 2.45) is 5.41 Å². The number of aliphatic hydroxyl groups excluding tert-OH is 2. The largest absolute Gasteiger partial charge is 0.396 e. The van der Waals surface area contributed by atoms with Crippen molar-refractivity contribution >= 4 is 0 Å². The Morgan fingerprint density at radius 2 is 1.76 bits per heavy atom. The molecule has 0 spiro atoms. The number of ether oxygens (including phenoxy) is 2. The van der Waals surface area contributed by atoms with E-state index in [4.69, 9.17) is 14.6 Å². The van der Waals surface area contributed by atoms with Gasteiger partial charge in [-0.05, 0) is 18.3 Å². The Kier molecular flexibility index (Phi) is 12.2. The molecule has 0 saturated heterocycles. The summed E-state index contributed by atoms with van der Waals surface area (Å²) in [5.41, 5.74) is 0.0520. The Morgan fingerprint density at radius 1 is 1.10 bits per heavy atom. The summed E-state index contributed by atoms with van der Waals surface area (Å²) in [5.74, 6) is 0. The molecule has 5 heteroatoms. The molecule has 0 heterocycles. The molecule has 0 aliphatic rings. The summed E-state index contributed by atoms with van der Waals surface area (Å²) in [5, 5.41) is 22.3. The average molecular weight is 305 g/mol. The van der Waals surface area contributed by atoms with Gasteiger partial charge in [-0.3, -0.25) is 0 Å². The molecule has 0 aromatic heterocycles. The normalized spacial score (nSPS) is 15.1. The summed E-state index contributed by atoms with van der Waals surface area (Å²) in [6, 6.07) is 0.175. The van der Waals surface area contributed by atoms with Crippen LogP contribution in [0.25, 0.3) is 0 Å². The fraction of sp³-hybridized carbons (Fsp3) is 1.00. The van der Waals surface area contributed by atoms with Crippen molar-refractivity contribution in [1.29, 1.82) is 0 Å². The van der Waals surface area contributed by atoms with E-state index in [2.05, 4.69) is 33.0 Å². The summed E-state index contributed by atoms with van der Waals surface area (Å²) in [7, 11) is 0. The molecule has 0 aliphatic heterocycles. The molecule has 0 fully saturated rings. The number of nitrogens with one attached hydrogen (secondary N) is 1. The predicted octanol–water partition coefficient (Wildman–Crippen LogP) is 1.57. The highest BCUT2D eigenvalue weighted by Crippen LogP contribution is 2.21. The van der Waals surface area contributed by atoms with E-state index in [1.165, 1.54) is 0 Å². The highest BCUT2D eigenvalue weighted by molar-refractivity contribution is 4.81. The van der Waals surface area contributed by atoms with Crippen LogP contribution in [0.1, 0.15) is 47.0 Å². The van der Waals surface area contributed by atoms with E-state index >= 15 is 0 Å². The van der Waals surface area contributed by atoms with Crippen LogP contribution in [0.2, 0.25) is 0 Å². The number of aliphatic hydroxyl groups is 2. The zero-order valence-electron chi connectivity index (χ0n) is 14.2. The molecule has 0 saturated carbocycles. The first kappa shape index (κ1) is 20.8. The third-order valence-electron chi connectivity index (χ3n) is 3.39. The Morgan fingerprint density at radius 3 is 2.33 bits per heavy atom. The lowest BCUT2D eigenvalue weighted by Crippen LogP contribution is -2.45.